The Morgan fingerprint density at radius 1 is 0.235 bits per heavy atom. The van der Waals surface area contributed by atoms with Crippen LogP contribution in [0.4, 0.5) is 0 Å². The number of hydrogen-bond acceptors (Lipinski definition) is 11. The number of nitrogens with zero attached hydrogens (tertiary/aromatic N) is 15. The molecule has 16 heteroatoms. The van der Waals surface area contributed by atoms with Crippen molar-refractivity contribution >= 4 is 0 Å². The van der Waals surface area contributed by atoms with Crippen LogP contribution in [0.15, 0.2) is 31.0 Å². The van der Waals surface area contributed by atoms with Crippen molar-refractivity contribution in [3.63, 3.8) is 0 Å². The van der Waals surface area contributed by atoms with Crippen LogP contribution in [0, 0.1) is 84.3 Å². The minimum absolute atomic E-state index is 0.129. The highest BCUT2D eigenvalue weighted by atomic mass is 15.4. The van der Waals surface area contributed by atoms with Gasteiger partial charge in [0.2, 0.25) is 0 Å². The van der Waals surface area contributed by atoms with Crippen molar-refractivity contribution in [2.45, 2.75) is 484 Å². The molecule has 1 N–H and O–H groups in total. The van der Waals surface area contributed by atoms with Crippen LogP contribution in [-0.4, -0.2) is 87.1 Å². The Morgan fingerprint density at radius 2 is 0.426 bits per heavy atom. The van der Waals surface area contributed by atoms with E-state index in [1.807, 2.05) is 23.4 Å². The molecule has 5 aromatic heterocycles. The molecule has 16 nitrogen and oxygen atoms in total. The summed E-state index contributed by atoms with van der Waals surface area (Å²) in [7, 11) is 0. The molecule has 0 aliphatic rings. The maximum Gasteiger partial charge on any atom is 0.0832 e. The molecule has 5 heterocycles. The molecule has 0 amide bonds. The zero-order valence-corrected chi connectivity index (χ0v) is 81.0. The van der Waals surface area contributed by atoms with Gasteiger partial charge in [-0.05, 0) is 218 Å². The SMILES string of the molecule is CC(C)(C)C#CCCCCCCCCCCn1cc(CC(C)(C)C)nn1.CC(C)(C)C#CCCCCCCn1cc(CC(C)(C)C)nn1.CC(C)(C)C#CCCCCCn1cc(CC(C)(C)C)nn1.CC(C)(C)CCCCCCCCCCCn1cc(CC(C)(C)C)nn1.CC(C)(C)Cc1cn(CCCCCCNC(C)(C)C)nn1. The van der Waals surface area contributed by atoms with E-state index in [1.54, 1.807) is 0 Å². The fourth-order valence-electron chi connectivity index (χ4n) is 12.8. The third kappa shape index (κ3) is 73.2. The van der Waals surface area contributed by atoms with Crippen molar-refractivity contribution in [2.24, 2.45) is 48.7 Å². The van der Waals surface area contributed by atoms with Crippen molar-refractivity contribution in [3.05, 3.63) is 59.5 Å². The summed E-state index contributed by atoms with van der Waals surface area (Å²) in [5.74, 6) is 19.7. The Bertz CT molecular complexity index is 3410. The van der Waals surface area contributed by atoms with Gasteiger partial charge in [0, 0.05) is 105 Å². The highest BCUT2D eigenvalue weighted by Crippen LogP contribution is 2.26. The van der Waals surface area contributed by atoms with Gasteiger partial charge in [-0.3, -0.25) is 23.4 Å². The lowest BCUT2D eigenvalue weighted by Gasteiger charge is -2.20. The van der Waals surface area contributed by atoms with E-state index < -0.39 is 0 Å². The molecule has 0 aliphatic carbocycles. The molecule has 0 bridgehead atoms. The summed E-state index contributed by atoms with van der Waals surface area (Å²) in [6, 6.07) is 0. The standard InChI is InChI=1S/C23H41N3.C22H43N3.C19H33N3.C18H31N3.C17H34N4/c1-22(2,3)17-15-13-11-9-7-8-10-12-14-16-18-26-20-21(24-25-26)19-23(4,5)6;1-21(2,3)16-14-12-10-8-7-9-11-13-15-17-25-19-20(23-24-25)18-22(4,5)6;1-18(2,3)13-11-9-7-8-10-12-14-22-16-17(20-21-22)15-19(4,5)6;1-17(2,3)12-10-8-7-9-11-13-21-15-16(19-20-21)14-18(4,5)6;1-16(2,3)13-15-14-21(20-19-15)12-10-8-7-9-11-18-17(4,5)6/h20H,7-14,16,18-19H2,1-6H3;19H,7-18H2,1-6H3;16H,7-10,12,14-15H2,1-6H3;15H,7-9,11,13-14H2,1-6H3;14,18H,7-13H2,1-6H3. The summed E-state index contributed by atoms with van der Waals surface area (Å²) < 4.78 is 9.99. The van der Waals surface area contributed by atoms with Gasteiger partial charge in [0.15, 0.2) is 0 Å². The smallest absolute Gasteiger partial charge is 0.0832 e. The quantitative estimate of drug-likeness (QED) is 0.0291. The lowest BCUT2D eigenvalue weighted by atomic mass is 9.89. The number of rotatable bonds is 44. The number of nitrogens with one attached hydrogen (secondary N) is 1. The third-order valence-corrected chi connectivity index (χ3v) is 18.2. The molecule has 0 spiro atoms. The third-order valence-electron chi connectivity index (χ3n) is 18.2. The Balaban J connectivity index is 0.000000721. The monoisotopic (exact) mass is 1600 g/mol. The van der Waals surface area contributed by atoms with Crippen molar-refractivity contribution in [1.82, 2.24) is 80.3 Å². The van der Waals surface area contributed by atoms with Gasteiger partial charge in [0.25, 0.3) is 0 Å². The first-order chi connectivity index (χ1) is 53.3. The Hall–Kier alpha value is -5.66. The summed E-state index contributed by atoms with van der Waals surface area (Å²) >= 11 is 0. The molecular weight excluding hydrogens is 1410 g/mol. The second kappa shape index (κ2) is 56.0. The molecule has 0 unspecified atom stereocenters. The number of aryl methyl sites for hydroxylation is 5. The van der Waals surface area contributed by atoms with Crippen molar-refractivity contribution < 1.29 is 0 Å². The average Bonchev–Trinajstić information content (AvgIpc) is 1.78. The van der Waals surface area contributed by atoms with E-state index in [0.29, 0.717) is 5.41 Å². The average molecular weight is 1600 g/mol. The van der Waals surface area contributed by atoms with Crippen molar-refractivity contribution in [2.75, 3.05) is 6.54 Å². The summed E-state index contributed by atoms with van der Waals surface area (Å²) in [5.41, 5.74) is 8.10. The Labute approximate surface area is 710 Å². The van der Waals surface area contributed by atoms with Gasteiger partial charge in [-0.1, -0.05) is 290 Å². The minimum atomic E-state index is 0.129. The zero-order valence-electron chi connectivity index (χ0n) is 81.0. The first kappa shape index (κ1) is 107. The van der Waals surface area contributed by atoms with Crippen LogP contribution < -0.4 is 5.32 Å². The fraction of sp³-hybridized carbons (Fsp3) is 0.838. The van der Waals surface area contributed by atoms with Crippen LogP contribution in [0.2, 0.25) is 0 Å². The van der Waals surface area contributed by atoms with Gasteiger partial charge in [-0.2, -0.15) is 0 Å². The number of aromatic nitrogens is 15. The number of unbranched alkanes of at least 4 members (excludes halogenated alkanes) is 26. The van der Waals surface area contributed by atoms with E-state index in [0.717, 1.165) is 126 Å². The first-order valence-corrected chi connectivity index (χ1v) is 46.0. The van der Waals surface area contributed by atoms with E-state index in [4.69, 9.17) is 0 Å². The topological polar surface area (TPSA) is 166 Å². The zero-order chi connectivity index (χ0) is 86.7. The van der Waals surface area contributed by atoms with Crippen molar-refractivity contribution in [3.8, 4) is 35.5 Å². The van der Waals surface area contributed by atoms with Gasteiger partial charge in [-0.25, -0.2) is 0 Å². The van der Waals surface area contributed by atoms with E-state index in [1.165, 1.54) is 180 Å². The normalized spacial score (nSPS) is 12.4. The molecule has 658 valence electrons. The second-order valence-corrected chi connectivity index (χ2v) is 44.8. The second-order valence-electron chi connectivity index (χ2n) is 44.8. The van der Waals surface area contributed by atoms with Crippen molar-refractivity contribution in [1.29, 1.82) is 0 Å². The summed E-state index contributed by atoms with van der Waals surface area (Å²) in [5, 5.41) is 46.0. The summed E-state index contributed by atoms with van der Waals surface area (Å²) in [6.07, 6.45) is 56.2. The lowest BCUT2D eigenvalue weighted by molar-refractivity contribution is 0.356. The lowest BCUT2D eigenvalue weighted by Crippen LogP contribution is -2.36. The van der Waals surface area contributed by atoms with Crippen LogP contribution in [-0.2, 0) is 64.8 Å². The minimum Gasteiger partial charge on any atom is -0.312 e. The maximum absolute atomic E-state index is 4.29. The molecule has 0 aliphatic heterocycles. The first-order valence-electron chi connectivity index (χ1n) is 46.0. The van der Waals surface area contributed by atoms with E-state index in [2.05, 4.69) is 331 Å². The van der Waals surface area contributed by atoms with Gasteiger partial charge >= 0.3 is 0 Å². The molecule has 5 aromatic rings. The molecule has 0 aromatic carbocycles. The molecule has 115 heavy (non-hydrogen) atoms. The molecule has 0 radical (unpaired) electrons. The Kier molecular flexibility index (Phi) is 52.2. The molecule has 0 atom stereocenters. The highest BCUT2D eigenvalue weighted by molar-refractivity contribution is 5.09. The van der Waals surface area contributed by atoms with E-state index in [-0.39, 0.29) is 48.9 Å². The summed E-state index contributed by atoms with van der Waals surface area (Å²) in [4.78, 5) is 0. The molecule has 5 rings (SSSR count). The van der Waals surface area contributed by atoms with Crippen LogP contribution in [0.3, 0.4) is 0 Å². The predicted molar refractivity (Wildman–Crippen MR) is 493 cm³/mol. The van der Waals surface area contributed by atoms with Crippen LogP contribution >= 0.6 is 0 Å². The van der Waals surface area contributed by atoms with Crippen LogP contribution in [0.1, 0.15) is 442 Å². The van der Waals surface area contributed by atoms with E-state index in [9.17, 15) is 0 Å². The van der Waals surface area contributed by atoms with Gasteiger partial charge in [0.05, 0.1) is 28.5 Å². The van der Waals surface area contributed by atoms with Crippen LogP contribution in [0.5, 0.6) is 0 Å². The van der Waals surface area contributed by atoms with Crippen LogP contribution in [0.25, 0.3) is 0 Å². The molecule has 0 saturated carbocycles. The number of hydrogen-bond donors (Lipinski definition) is 1. The summed E-state index contributed by atoms with van der Waals surface area (Å²) in [6.45, 7) is 72.7. The fourth-order valence-corrected chi connectivity index (χ4v) is 12.8. The Morgan fingerprint density at radius 3 is 0.626 bits per heavy atom. The molecule has 0 saturated heterocycles. The largest absolute Gasteiger partial charge is 0.312 e. The van der Waals surface area contributed by atoms with Gasteiger partial charge < -0.3 is 5.32 Å². The molecular formula is C99H182N16. The van der Waals surface area contributed by atoms with Gasteiger partial charge in [0.1, 0.15) is 0 Å². The highest BCUT2D eigenvalue weighted by Gasteiger charge is 2.19. The predicted octanol–water partition coefficient (Wildman–Crippen LogP) is 26.4. The van der Waals surface area contributed by atoms with E-state index >= 15 is 0 Å². The maximum atomic E-state index is 4.29. The van der Waals surface area contributed by atoms with Gasteiger partial charge in [-0.15, -0.1) is 43.3 Å². The molecule has 0 fully saturated rings.